The number of thioether (sulfide) groups is 1. The molecule has 1 fully saturated rings. The lowest BCUT2D eigenvalue weighted by Gasteiger charge is -2.38. The summed E-state index contributed by atoms with van der Waals surface area (Å²) in [5.74, 6) is 1.23. The van der Waals surface area contributed by atoms with E-state index in [-0.39, 0.29) is 0 Å². The molecule has 1 rings (SSSR count). The van der Waals surface area contributed by atoms with Gasteiger partial charge in [-0.25, -0.2) is 0 Å². The van der Waals surface area contributed by atoms with Gasteiger partial charge < -0.3 is 10.2 Å². The van der Waals surface area contributed by atoms with Gasteiger partial charge in [-0.3, -0.25) is 0 Å². The summed E-state index contributed by atoms with van der Waals surface area (Å²) >= 11 is 1.92. The molecule has 0 aromatic heterocycles. The molecule has 0 bridgehead atoms. The molecule has 0 amide bonds. The molecule has 0 saturated carbocycles. The van der Waals surface area contributed by atoms with Crippen LogP contribution in [0.2, 0.25) is 0 Å². The van der Waals surface area contributed by atoms with Gasteiger partial charge in [-0.05, 0) is 44.6 Å². The molecule has 0 atom stereocenters. The van der Waals surface area contributed by atoms with E-state index in [1.165, 1.54) is 38.2 Å². The SMILES string of the molecule is CSCCNCC1(C)CCN(C)CC1. The van der Waals surface area contributed by atoms with E-state index in [2.05, 4.69) is 30.4 Å². The first-order valence-corrected chi connectivity index (χ1v) is 6.94. The van der Waals surface area contributed by atoms with Crippen molar-refractivity contribution in [3.05, 3.63) is 0 Å². The molecule has 0 radical (unpaired) electrons. The van der Waals surface area contributed by atoms with E-state index in [0.717, 1.165) is 6.54 Å². The number of likely N-dealkylation sites (tertiary alicyclic amines) is 1. The minimum atomic E-state index is 0.547. The lowest BCUT2D eigenvalue weighted by molar-refractivity contribution is 0.138. The van der Waals surface area contributed by atoms with E-state index in [1.807, 2.05) is 11.8 Å². The molecular formula is C11H24N2S. The van der Waals surface area contributed by atoms with Crippen molar-refractivity contribution in [1.29, 1.82) is 0 Å². The zero-order valence-electron chi connectivity index (χ0n) is 9.81. The van der Waals surface area contributed by atoms with E-state index in [0.29, 0.717) is 5.41 Å². The molecule has 1 saturated heterocycles. The van der Waals surface area contributed by atoms with Crippen LogP contribution >= 0.6 is 11.8 Å². The van der Waals surface area contributed by atoms with Gasteiger partial charge in [0, 0.05) is 18.8 Å². The summed E-state index contributed by atoms with van der Waals surface area (Å²) < 4.78 is 0. The van der Waals surface area contributed by atoms with Crippen LogP contribution in [0.3, 0.4) is 0 Å². The smallest absolute Gasteiger partial charge is 0.00553 e. The zero-order chi connectivity index (χ0) is 10.4. The monoisotopic (exact) mass is 216 g/mol. The van der Waals surface area contributed by atoms with Crippen molar-refractivity contribution in [2.45, 2.75) is 19.8 Å². The first kappa shape index (κ1) is 12.3. The Kier molecular flexibility index (Phi) is 5.28. The number of hydrogen-bond acceptors (Lipinski definition) is 3. The third-order valence-electron chi connectivity index (χ3n) is 3.23. The quantitative estimate of drug-likeness (QED) is 0.704. The Morgan fingerprint density at radius 1 is 1.36 bits per heavy atom. The van der Waals surface area contributed by atoms with Crippen LogP contribution in [0.25, 0.3) is 0 Å². The van der Waals surface area contributed by atoms with E-state index in [9.17, 15) is 0 Å². The van der Waals surface area contributed by atoms with Crippen molar-refractivity contribution >= 4 is 11.8 Å². The van der Waals surface area contributed by atoms with Crippen molar-refractivity contribution in [2.24, 2.45) is 5.41 Å². The largest absolute Gasteiger partial charge is 0.315 e. The van der Waals surface area contributed by atoms with E-state index < -0.39 is 0 Å². The number of nitrogens with zero attached hydrogens (tertiary/aromatic N) is 1. The highest BCUT2D eigenvalue weighted by atomic mass is 32.2. The topological polar surface area (TPSA) is 15.3 Å². The maximum absolute atomic E-state index is 3.57. The number of nitrogens with one attached hydrogen (secondary N) is 1. The molecule has 2 nitrogen and oxygen atoms in total. The fraction of sp³-hybridized carbons (Fsp3) is 1.00. The van der Waals surface area contributed by atoms with Gasteiger partial charge in [0.2, 0.25) is 0 Å². The first-order chi connectivity index (χ1) is 6.66. The van der Waals surface area contributed by atoms with Crippen molar-refractivity contribution in [3.8, 4) is 0 Å². The molecular weight excluding hydrogens is 192 g/mol. The number of piperidine rings is 1. The molecule has 0 aliphatic carbocycles. The summed E-state index contributed by atoms with van der Waals surface area (Å²) in [4.78, 5) is 2.43. The molecule has 14 heavy (non-hydrogen) atoms. The summed E-state index contributed by atoms with van der Waals surface area (Å²) in [5, 5.41) is 3.57. The van der Waals surface area contributed by atoms with Gasteiger partial charge in [0.25, 0.3) is 0 Å². The van der Waals surface area contributed by atoms with Gasteiger partial charge in [0.15, 0.2) is 0 Å². The fourth-order valence-corrected chi connectivity index (χ4v) is 2.25. The molecule has 1 aliphatic rings. The molecule has 0 unspecified atom stereocenters. The second-order valence-electron chi connectivity index (χ2n) is 4.78. The first-order valence-electron chi connectivity index (χ1n) is 5.54. The average Bonchev–Trinajstić information content (AvgIpc) is 2.18. The highest BCUT2D eigenvalue weighted by Crippen LogP contribution is 2.29. The Morgan fingerprint density at radius 3 is 2.57 bits per heavy atom. The van der Waals surface area contributed by atoms with Gasteiger partial charge in [0.1, 0.15) is 0 Å². The maximum Gasteiger partial charge on any atom is 0.00553 e. The minimum absolute atomic E-state index is 0.547. The second-order valence-corrected chi connectivity index (χ2v) is 5.77. The average molecular weight is 216 g/mol. The van der Waals surface area contributed by atoms with Crippen LogP contribution in [-0.2, 0) is 0 Å². The van der Waals surface area contributed by atoms with Crippen LogP contribution in [0.4, 0.5) is 0 Å². The summed E-state index contributed by atoms with van der Waals surface area (Å²) in [6.45, 7) is 7.31. The lowest BCUT2D eigenvalue weighted by Crippen LogP contribution is -2.42. The van der Waals surface area contributed by atoms with Crippen LogP contribution in [-0.4, -0.2) is 50.1 Å². The van der Waals surface area contributed by atoms with Gasteiger partial charge in [-0.2, -0.15) is 11.8 Å². The van der Waals surface area contributed by atoms with Crippen molar-refractivity contribution in [3.63, 3.8) is 0 Å². The predicted octanol–water partition coefficient (Wildman–Crippen LogP) is 1.67. The zero-order valence-corrected chi connectivity index (χ0v) is 10.6. The number of hydrogen-bond donors (Lipinski definition) is 1. The summed E-state index contributed by atoms with van der Waals surface area (Å²) in [6.07, 6.45) is 4.85. The van der Waals surface area contributed by atoms with Crippen LogP contribution < -0.4 is 5.32 Å². The Hall–Kier alpha value is 0.270. The summed E-state index contributed by atoms with van der Waals surface area (Å²) in [5.41, 5.74) is 0.547. The minimum Gasteiger partial charge on any atom is -0.315 e. The Morgan fingerprint density at radius 2 is 2.00 bits per heavy atom. The van der Waals surface area contributed by atoms with Gasteiger partial charge in [0.05, 0.1) is 0 Å². The predicted molar refractivity (Wildman–Crippen MR) is 66.1 cm³/mol. The fourth-order valence-electron chi connectivity index (χ4n) is 1.90. The van der Waals surface area contributed by atoms with Gasteiger partial charge in [-0.15, -0.1) is 0 Å². The Bertz CT molecular complexity index is 153. The summed E-state index contributed by atoms with van der Waals surface area (Å²) in [7, 11) is 2.22. The second kappa shape index (κ2) is 5.99. The van der Waals surface area contributed by atoms with Gasteiger partial charge in [-0.1, -0.05) is 6.92 Å². The molecule has 84 valence electrons. The van der Waals surface area contributed by atoms with Crippen molar-refractivity contribution in [2.75, 3.05) is 45.2 Å². The number of rotatable bonds is 5. The highest BCUT2D eigenvalue weighted by molar-refractivity contribution is 7.98. The molecule has 0 aromatic rings. The standard InChI is InChI=1S/C11H24N2S/c1-11(10-12-6-9-14-3)4-7-13(2)8-5-11/h12H,4-10H2,1-3H3. The molecule has 1 aliphatic heterocycles. The Balaban J connectivity index is 2.15. The van der Waals surface area contributed by atoms with Crippen LogP contribution in [0, 0.1) is 5.41 Å². The Labute approximate surface area is 92.8 Å². The molecule has 0 spiro atoms. The lowest BCUT2D eigenvalue weighted by atomic mass is 9.80. The van der Waals surface area contributed by atoms with E-state index in [1.54, 1.807) is 0 Å². The molecule has 3 heteroatoms. The third-order valence-corrected chi connectivity index (χ3v) is 3.84. The van der Waals surface area contributed by atoms with Crippen LogP contribution in [0.1, 0.15) is 19.8 Å². The normalized spacial score (nSPS) is 22.5. The van der Waals surface area contributed by atoms with Crippen molar-refractivity contribution in [1.82, 2.24) is 10.2 Å². The molecule has 0 aromatic carbocycles. The highest BCUT2D eigenvalue weighted by Gasteiger charge is 2.27. The van der Waals surface area contributed by atoms with Gasteiger partial charge >= 0.3 is 0 Å². The third kappa shape index (κ3) is 4.20. The maximum atomic E-state index is 3.57. The van der Waals surface area contributed by atoms with E-state index >= 15 is 0 Å². The molecule has 1 N–H and O–H groups in total. The van der Waals surface area contributed by atoms with E-state index in [4.69, 9.17) is 0 Å². The van der Waals surface area contributed by atoms with Crippen LogP contribution in [0.15, 0.2) is 0 Å². The van der Waals surface area contributed by atoms with Crippen LogP contribution in [0.5, 0.6) is 0 Å². The molecule has 1 heterocycles. The van der Waals surface area contributed by atoms with Crippen molar-refractivity contribution < 1.29 is 0 Å². The summed E-state index contributed by atoms with van der Waals surface area (Å²) in [6, 6.07) is 0.